The van der Waals surface area contributed by atoms with E-state index >= 15 is 0 Å². The van der Waals surface area contributed by atoms with Crippen LogP contribution in [0.4, 0.5) is 5.69 Å². The van der Waals surface area contributed by atoms with Gasteiger partial charge in [-0.1, -0.05) is 23.2 Å². The molecule has 0 amide bonds. The first-order valence-corrected chi connectivity index (χ1v) is 9.94. The Labute approximate surface area is 163 Å². The van der Waals surface area contributed by atoms with E-state index < -0.39 is 16.0 Å². The average Bonchev–Trinajstić information content (AvgIpc) is 2.51. The summed E-state index contributed by atoms with van der Waals surface area (Å²) in [4.78, 5) is 10.8. The van der Waals surface area contributed by atoms with Crippen molar-refractivity contribution in [2.45, 2.75) is 11.3 Å². The first-order valence-electron chi connectivity index (χ1n) is 6.67. The second kappa shape index (κ2) is 7.90. The second-order valence-electron chi connectivity index (χ2n) is 4.77. The summed E-state index contributed by atoms with van der Waals surface area (Å²) in [6, 6.07) is 10.7. The van der Waals surface area contributed by atoms with Crippen molar-refractivity contribution in [3.63, 3.8) is 0 Å². The summed E-state index contributed by atoms with van der Waals surface area (Å²) in [5.74, 6) is -1.09. The lowest BCUT2D eigenvalue weighted by molar-refractivity contribution is -0.136. The van der Waals surface area contributed by atoms with Crippen molar-refractivity contribution >= 4 is 67.5 Å². The van der Waals surface area contributed by atoms with Crippen molar-refractivity contribution in [3.05, 3.63) is 56.1 Å². The first-order chi connectivity index (χ1) is 11.2. The summed E-state index contributed by atoms with van der Waals surface area (Å²) < 4.78 is 27.8. The highest BCUT2D eigenvalue weighted by atomic mass is 127. The Hall–Kier alpha value is -1.03. The molecule has 9 heteroatoms. The molecule has 0 aromatic heterocycles. The molecule has 0 saturated carbocycles. The van der Waals surface area contributed by atoms with Crippen LogP contribution in [0.2, 0.25) is 10.0 Å². The number of hydrogen-bond donors (Lipinski definition) is 1. The van der Waals surface area contributed by atoms with Gasteiger partial charge in [-0.05, 0) is 65.1 Å². The van der Waals surface area contributed by atoms with Gasteiger partial charge in [0.05, 0.1) is 27.0 Å². The zero-order valence-corrected chi connectivity index (χ0v) is 16.6. The van der Waals surface area contributed by atoms with E-state index in [9.17, 15) is 13.2 Å². The number of hydrogen-bond acceptors (Lipinski definition) is 3. The lowest BCUT2D eigenvalue weighted by Gasteiger charge is -2.24. The van der Waals surface area contributed by atoms with Crippen LogP contribution in [0.3, 0.4) is 0 Å². The predicted molar refractivity (Wildman–Crippen MR) is 102 cm³/mol. The van der Waals surface area contributed by atoms with Crippen LogP contribution >= 0.6 is 45.8 Å². The number of carbonyl (C=O) groups is 1. The van der Waals surface area contributed by atoms with Gasteiger partial charge in [0.1, 0.15) is 0 Å². The van der Waals surface area contributed by atoms with Gasteiger partial charge in [0.2, 0.25) is 0 Å². The van der Waals surface area contributed by atoms with Gasteiger partial charge in [0, 0.05) is 10.1 Å². The quantitative estimate of drug-likeness (QED) is 0.602. The average molecular weight is 500 g/mol. The van der Waals surface area contributed by atoms with Crippen LogP contribution in [0.5, 0.6) is 0 Å². The highest BCUT2D eigenvalue weighted by molar-refractivity contribution is 14.1. The van der Waals surface area contributed by atoms with E-state index in [1.807, 2.05) is 0 Å². The first kappa shape index (κ1) is 19.3. The number of carboxylic acid groups (broad SMARTS) is 1. The van der Waals surface area contributed by atoms with E-state index in [1.165, 1.54) is 18.2 Å². The van der Waals surface area contributed by atoms with E-state index in [2.05, 4.69) is 22.6 Å². The van der Waals surface area contributed by atoms with Crippen LogP contribution in [0, 0.1) is 3.57 Å². The molecular formula is C15H12Cl2INO4S. The third-order valence-electron chi connectivity index (χ3n) is 3.12. The summed E-state index contributed by atoms with van der Waals surface area (Å²) in [5.41, 5.74) is 0.378. The molecule has 0 spiro atoms. The van der Waals surface area contributed by atoms with Gasteiger partial charge in [-0.15, -0.1) is 0 Å². The van der Waals surface area contributed by atoms with Crippen LogP contribution in [-0.4, -0.2) is 26.0 Å². The third-order valence-corrected chi connectivity index (χ3v) is 6.40. The van der Waals surface area contributed by atoms with E-state index in [0.29, 0.717) is 5.69 Å². The van der Waals surface area contributed by atoms with Crippen molar-refractivity contribution < 1.29 is 18.3 Å². The minimum atomic E-state index is -3.98. The molecule has 5 nitrogen and oxygen atoms in total. The van der Waals surface area contributed by atoms with Crippen molar-refractivity contribution in [1.82, 2.24) is 0 Å². The monoisotopic (exact) mass is 499 g/mol. The number of nitrogens with zero attached hydrogens (tertiary/aromatic N) is 1. The van der Waals surface area contributed by atoms with Crippen LogP contribution < -0.4 is 4.31 Å². The normalized spacial score (nSPS) is 11.3. The Morgan fingerprint density at radius 2 is 1.71 bits per heavy atom. The van der Waals surface area contributed by atoms with Crippen molar-refractivity contribution in [2.75, 3.05) is 10.8 Å². The molecule has 2 aromatic rings. The number of benzene rings is 2. The van der Waals surface area contributed by atoms with Crippen LogP contribution in [0.1, 0.15) is 6.42 Å². The Kier molecular flexibility index (Phi) is 6.35. The molecule has 128 valence electrons. The zero-order chi connectivity index (χ0) is 17.9. The van der Waals surface area contributed by atoms with Gasteiger partial charge in [0.25, 0.3) is 10.0 Å². The Morgan fingerprint density at radius 1 is 1.08 bits per heavy atom. The highest BCUT2D eigenvalue weighted by Crippen LogP contribution is 2.29. The van der Waals surface area contributed by atoms with Crippen LogP contribution in [0.15, 0.2) is 47.4 Å². The highest BCUT2D eigenvalue weighted by Gasteiger charge is 2.26. The van der Waals surface area contributed by atoms with Crippen molar-refractivity contribution in [3.8, 4) is 0 Å². The van der Waals surface area contributed by atoms with Crippen molar-refractivity contribution in [2.24, 2.45) is 0 Å². The summed E-state index contributed by atoms with van der Waals surface area (Å²) >= 11 is 13.8. The number of aliphatic carboxylic acids is 1. The number of anilines is 1. The smallest absolute Gasteiger partial charge is 0.305 e. The maximum Gasteiger partial charge on any atom is 0.305 e. The number of rotatable bonds is 6. The summed E-state index contributed by atoms with van der Waals surface area (Å²) in [6.07, 6.45) is -0.327. The minimum Gasteiger partial charge on any atom is -0.481 e. The maximum absolute atomic E-state index is 12.9. The Bertz CT molecular complexity index is 856. The predicted octanol–water partition coefficient (Wildman–Crippen LogP) is 4.27. The molecule has 0 fully saturated rings. The van der Waals surface area contributed by atoms with Crippen LogP contribution in [-0.2, 0) is 14.8 Å². The fourth-order valence-corrected chi connectivity index (χ4v) is 4.17. The molecule has 0 saturated heterocycles. The minimum absolute atomic E-state index is 0.0548. The standard InChI is InChI=1S/C15H12Cl2INO4S/c16-13-6-5-12(9-14(13)17)24(22,23)19(8-7-15(20)21)11-3-1-10(18)2-4-11/h1-6,9H,7-8H2,(H,20,21). The fraction of sp³-hybridized carbons (Fsp3) is 0.133. The van der Waals surface area contributed by atoms with Gasteiger partial charge in [-0.25, -0.2) is 8.42 Å². The van der Waals surface area contributed by atoms with E-state index in [4.69, 9.17) is 28.3 Å². The molecule has 0 aliphatic rings. The molecule has 0 aliphatic heterocycles. The lowest BCUT2D eigenvalue weighted by atomic mass is 10.3. The molecule has 0 atom stereocenters. The van der Waals surface area contributed by atoms with Gasteiger partial charge in [-0.2, -0.15) is 0 Å². The molecule has 0 aliphatic carbocycles. The SMILES string of the molecule is O=C(O)CCN(c1ccc(I)cc1)S(=O)(=O)c1ccc(Cl)c(Cl)c1. The molecular weight excluding hydrogens is 488 g/mol. The molecule has 0 bridgehead atoms. The molecule has 0 unspecified atom stereocenters. The molecule has 2 rings (SSSR count). The van der Waals surface area contributed by atoms with E-state index in [-0.39, 0.29) is 27.9 Å². The Balaban J connectivity index is 2.49. The van der Waals surface area contributed by atoms with E-state index in [1.54, 1.807) is 24.3 Å². The molecule has 0 radical (unpaired) electrons. The van der Waals surface area contributed by atoms with Gasteiger partial charge >= 0.3 is 5.97 Å². The third kappa shape index (κ3) is 4.53. The summed E-state index contributed by atoms with van der Waals surface area (Å²) in [6.45, 7) is -0.196. The Morgan fingerprint density at radius 3 is 2.25 bits per heavy atom. The van der Waals surface area contributed by atoms with Crippen LogP contribution in [0.25, 0.3) is 0 Å². The fourth-order valence-electron chi connectivity index (χ4n) is 1.96. The van der Waals surface area contributed by atoms with Gasteiger partial charge in [0.15, 0.2) is 0 Å². The molecule has 24 heavy (non-hydrogen) atoms. The molecule has 0 heterocycles. The lowest BCUT2D eigenvalue weighted by Crippen LogP contribution is -2.33. The largest absolute Gasteiger partial charge is 0.481 e. The summed E-state index contributed by atoms with van der Waals surface area (Å²) in [7, 11) is -3.98. The molecule has 1 N–H and O–H groups in total. The number of halogens is 3. The topological polar surface area (TPSA) is 74.7 Å². The van der Waals surface area contributed by atoms with Gasteiger partial charge in [-0.3, -0.25) is 9.10 Å². The second-order valence-corrected chi connectivity index (χ2v) is 8.70. The number of carboxylic acids is 1. The zero-order valence-electron chi connectivity index (χ0n) is 12.1. The van der Waals surface area contributed by atoms with Crippen molar-refractivity contribution in [1.29, 1.82) is 0 Å². The summed E-state index contributed by atoms with van der Waals surface area (Å²) in [5, 5.41) is 9.26. The number of sulfonamides is 1. The maximum atomic E-state index is 12.9. The molecule has 2 aromatic carbocycles. The van der Waals surface area contributed by atoms with E-state index in [0.717, 1.165) is 7.88 Å². The van der Waals surface area contributed by atoms with Gasteiger partial charge < -0.3 is 5.11 Å².